The topological polar surface area (TPSA) is 38.3 Å². The molecule has 1 N–H and O–H groups in total. The first-order valence-corrected chi connectivity index (χ1v) is 7.17. The van der Waals surface area contributed by atoms with Crippen molar-refractivity contribution >= 4 is 11.6 Å². The van der Waals surface area contributed by atoms with Crippen LogP contribution in [0.2, 0.25) is 0 Å². The van der Waals surface area contributed by atoms with Gasteiger partial charge in [0.2, 0.25) is 5.91 Å². The van der Waals surface area contributed by atoms with Crippen molar-refractivity contribution in [3.05, 3.63) is 59.7 Å². The molecule has 0 bridgehead atoms. The maximum absolute atomic E-state index is 11.8. The van der Waals surface area contributed by atoms with Gasteiger partial charge in [-0.15, -0.1) is 0 Å². The standard InChI is InChI=1S/C18H21NO2/c1-14-13-15(11-12-17(14)21-2)7-6-10-18(20)19-16-8-4-3-5-9-16/h3-5,8-9,11-13H,6-7,10H2,1-2H3,(H,19,20). The Morgan fingerprint density at radius 1 is 1.14 bits per heavy atom. The normalized spacial score (nSPS) is 10.2. The number of anilines is 1. The zero-order chi connectivity index (χ0) is 15.1. The van der Waals surface area contributed by atoms with Crippen molar-refractivity contribution in [2.24, 2.45) is 0 Å². The highest BCUT2D eigenvalue weighted by Crippen LogP contribution is 2.19. The predicted molar refractivity (Wildman–Crippen MR) is 85.7 cm³/mol. The molecule has 0 atom stereocenters. The zero-order valence-corrected chi connectivity index (χ0v) is 12.6. The van der Waals surface area contributed by atoms with Gasteiger partial charge in [0.25, 0.3) is 0 Å². The molecule has 0 spiro atoms. The van der Waals surface area contributed by atoms with Crippen molar-refractivity contribution in [2.45, 2.75) is 26.2 Å². The van der Waals surface area contributed by atoms with E-state index >= 15 is 0 Å². The first-order chi connectivity index (χ1) is 10.2. The number of benzene rings is 2. The molecule has 21 heavy (non-hydrogen) atoms. The van der Waals surface area contributed by atoms with E-state index < -0.39 is 0 Å². The van der Waals surface area contributed by atoms with Gasteiger partial charge < -0.3 is 10.1 Å². The second-order valence-electron chi connectivity index (χ2n) is 5.07. The van der Waals surface area contributed by atoms with Crippen LogP contribution in [-0.2, 0) is 11.2 Å². The van der Waals surface area contributed by atoms with Crippen LogP contribution in [0.15, 0.2) is 48.5 Å². The van der Waals surface area contributed by atoms with Crippen LogP contribution >= 0.6 is 0 Å². The van der Waals surface area contributed by atoms with Crippen molar-refractivity contribution in [3.8, 4) is 5.75 Å². The Morgan fingerprint density at radius 2 is 1.90 bits per heavy atom. The molecule has 0 aliphatic heterocycles. The number of nitrogens with one attached hydrogen (secondary N) is 1. The first-order valence-electron chi connectivity index (χ1n) is 7.17. The fraction of sp³-hybridized carbons (Fsp3) is 0.278. The number of para-hydroxylation sites is 1. The Bertz CT molecular complexity index is 593. The van der Waals surface area contributed by atoms with E-state index in [4.69, 9.17) is 4.74 Å². The number of methoxy groups -OCH3 is 1. The van der Waals surface area contributed by atoms with Crippen molar-refractivity contribution < 1.29 is 9.53 Å². The van der Waals surface area contributed by atoms with Gasteiger partial charge in [-0.25, -0.2) is 0 Å². The van der Waals surface area contributed by atoms with Crippen LogP contribution in [0.25, 0.3) is 0 Å². The van der Waals surface area contributed by atoms with Crippen LogP contribution in [0.3, 0.4) is 0 Å². The van der Waals surface area contributed by atoms with Crippen molar-refractivity contribution in [3.63, 3.8) is 0 Å². The van der Waals surface area contributed by atoms with Crippen LogP contribution < -0.4 is 10.1 Å². The maximum Gasteiger partial charge on any atom is 0.224 e. The molecule has 110 valence electrons. The quantitative estimate of drug-likeness (QED) is 0.871. The molecule has 2 rings (SSSR count). The molecule has 0 aliphatic carbocycles. The third kappa shape index (κ3) is 4.63. The second-order valence-corrected chi connectivity index (χ2v) is 5.07. The molecular formula is C18H21NO2. The Hall–Kier alpha value is -2.29. The highest BCUT2D eigenvalue weighted by atomic mass is 16.5. The van der Waals surface area contributed by atoms with E-state index in [1.54, 1.807) is 7.11 Å². The highest BCUT2D eigenvalue weighted by Gasteiger charge is 2.04. The Balaban J connectivity index is 1.79. The molecule has 0 heterocycles. The summed E-state index contributed by atoms with van der Waals surface area (Å²) >= 11 is 0. The van der Waals surface area contributed by atoms with E-state index in [1.807, 2.05) is 43.3 Å². The van der Waals surface area contributed by atoms with Crippen molar-refractivity contribution in [2.75, 3.05) is 12.4 Å². The molecule has 3 heteroatoms. The molecular weight excluding hydrogens is 262 g/mol. The summed E-state index contributed by atoms with van der Waals surface area (Å²) in [6.07, 6.45) is 2.26. The fourth-order valence-electron chi connectivity index (χ4n) is 2.29. The number of ether oxygens (including phenoxy) is 1. The molecule has 0 aromatic heterocycles. The van der Waals surface area contributed by atoms with E-state index in [2.05, 4.69) is 17.4 Å². The number of hydrogen-bond acceptors (Lipinski definition) is 2. The number of carbonyl (C=O) groups is 1. The summed E-state index contributed by atoms with van der Waals surface area (Å²) in [4.78, 5) is 11.8. The summed E-state index contributed by atoms with van der Waals surface area (Å²) < 4.78 is 5.24. The number of aryl methyl sites for hydroxylation is 2. The third-order valence-corrected chi connectivity index (χ3v) is 3.39. The summed E-state index contributed by atoms with van der Waals surface area (Å²) in [6.45, 7) is 2.03. The minimum Gasteiger partial charge on any atom is -0.496 e. The number of rotatable bonds is 6. The number of carbonyl (C=O) groups excluding carboxylic acids is 1. The van der Waals surface area contributed by atoms with Crippen LogP contribution in [-0.4, -0.2) is 13.0 Å². The monoisotopic (exact) mass is 283 g/mol. The third-order valence-electron chi connectivity index (χ3n) is 3.39. The van der Waals surface area contributed by atoms with Crippen LogP contribution in [0, 0.1) is 6.92 Å². The summed E-state index contributed by atoms with van der Waals surface area (Å²) in [5.41, 5.74) is 3.22. The Kier molecular flexibility index (Phi) is 5.38. The lowest BCUT2D eigenvalue weighted by molar-refractivity contribution is -0.116. The number of hydrogen-bond donors (Lipinski definition) is 1. The molecule has 0 saturated carbocycles. The van der Waals surface area contributed by atoms with Gasteiger partial charge in [-0.1, -0.05) is 30.3 Å². The molecule has 0 unspecified atom stereocenters. The minimum atomic E-state index is 0.0615. The van der Waals surface area contributed by atoms with E-state index in [1.165, 1.54) is 5.56 Å². The summed E-state index contributed by atoms with van der Waals surface area (Å²) in [5, 5.41) is 2.90. The number of amides is 1. The molecule has 0 fully saturated rings. The molecule has 0 saturated heterocycles. The first kappa shape index (κ1) is 15.1. The van der Waals surface area contributed by atoms with Crippen molar-refractivity contribution in [1.82, 2.24) is 0 Å². The Labute approximate surface area is 126 Å². The van der Waals surface area contributed by atoms with E-state index in [0.717, 1.165) is 29.8 Å². The van der Waals surface area contributed by atoms with E-state index in [-0.39, 0.29) is 5.91 Å². The summed E-state index contributed by atoms with van der Waals surface area (Å²) in [7, 11) is 1.68. The van der Waals surface area contributed by atoms with Gasteiger partial charge in [0, 0.05) is 12.1 Å². The maximum atomic E-state index is 11.8. The summed E-state index contributed by atoms with van der Waals surface area (Å²) in [5.74, 6) is 0.965. The lowest BCUT2D eigenvalue weighted by Gasteiger charge is -2.08. The van der Waals surface area contributed by atoms with Gasteiger partial charge in [0.1, 0.15) is 5.75 Å². The minimum absolute atomic E-state index is 0.0615. The smallest absolute Gasteiger partial charge is 0.224 e. The SMILES string of the molecule is COc1ccc(CCCC(=O)Nc2ccccc2)cc1C. The second kappa shape index (κ2) is 7.48. The molecule has 0 aliphatic rings. The van der Waals surface area contributed by atoms with Gasteiger partial charge in [-0.05, 0) is 49.1 Å². The summed E-state index contributed by atoms with van der Waals surface area (Å²) in [6, 6.07) is 15.7. The molecule has 0 radical (unpaired) electrons. The van der Waals surface area contributed by atoms with Crippen LogP contribution in [0.1, 0.15) is 24.0 Å². The average Bonchev–Trinajstić information content (AvgIpc) is 2.48. The average molecular weight is 283 g/mol. The zero-order valence-electron chi connectivity index (χ0n) is 12.6. The van der Waals surface area contributed by atoms with Crippen LogP contribution in [0.4, 0.5) is 5.69 Å². The molecule has 1 amide bonds. The molecule has 2 aromatic rings. The highest BCUT2D eigenvalue weighted by molar-refractivity contribution is 5.90. The van der Waals surface area contributed by atoms with Gasteiger partial charge >= 0.3 is 0 Å². The lowest BCUT2D eigenvalue weighted by atomic mass is 10.0. The van der Waals surface area contributed by atoms with Gasteiger partial charge in [0.05, 0.1) is 7.11 Å². The lowest BCUT2D eigenvalue weighted by Crippen LogP contribution is -2.11. The van der Waals surface area contributed by atoms with E-state index in [9.17, 15) is 4.79 Å². The van der Waals surface area contributed by atoms with Gasteiger partial charge in [-0.3, -0.25) is 4.79 Å². The van der Waals surface area contributed by atoms with Crippen molar-refractivity contribution in [1.29, 1.82) is 0 Å². The van der Waals surface area contributed by atoms with E-state index in [0.29, 0.717) is 6.42 Å². The van der Waals surface area contributed by atoms with Gasteiger partial charge in [-0.2, -0.15) is 0 Å². The molecule has 3 nitrogen and oxygen atoms in total. The van der Waals surface area contributed by atoms with Gasteiger partial charge in [0.15, 0.2) is 0 Å². The fourth-order valence-corrected chi connectivity index (χ4v) is 2.29. The largest absolute Gasteiger partial charge is 0.496 e. The van der Waals surface area contributed by atoms with Crippen LogP contribution in [0.5, 0.6) is 5.75 Å². The molecule has 2 aromatic carbocycles. The predicted octanol–water partition coefficient (Wildman–Crippen LogP) is 3.97. The Morgan fingerprint density at radius 3 is 2.57 bits per heavy atom.